The van der Waals surface area contributed by atoms with Crippen LogP contribution in [0.25, 0.3) is 12.2 Å². The van der Waals surface area contributed by atoms with Gasteiger partial charge in [0.15, 0.2) is 23.0 Å². The van der Waals surface area contributed by atoms with Crippen LogP contribution in [0.3, 0.4) is 0 Å². The molecular formula is C22H20O4. The number of methoxy groups -OCH3 is 2. The van der Waals surface area contributed by atoms with E-state index in [1.54, 1.807) is 14.2 Å². The van der Waals surface area contributed by atoms with Crippen LogP contribution in [0.5, 0.6) is 23.0 Å². The van der Waals surface area contributed by atoms with Crippen molar-refractivity contribution in [3.8, 4) is 47.7 Å². The second-order valence-electron chi connectivity index (χ2n) is 5.14. The number of rotatable bonds is 8. The summed E-state index contributed by atoms with van der Waals surface area (Å²) in [6, 6.07) is 11.3. The molecule has 0 spiro atoms. The minimum atomic E-state index is 0.194. The maximum atomic E-state index is 5.44. The van der Waals surface area contributed by atoms with Gasteiger partial charge in [-0.15, -0.1) is 12.8 Å². The topological polar surface area (TPSA) is 36.9 Å². The van der Waals surface area contributed by atoms with Crippen LogP contribution in [0.2, 0.25) is 0 Å². The van der Waals surface area contributed by atoms with Gasteiger partial charge in [-0.05, 0) is 35.4 Å². The fraction of sp³-hybridized carbons (Fsp3) is 0.182. The van der Waals surface area contributed by atoms with Crippen molar-refractivity contribution in [2.45, 2.75) is 0 Å². The molecule has 0 atom stereocenters. The Morgan fingerprint density at radius 1 is 0.731 bits per heavy atom. The molecule has 4 heteroatoms. The Balaban J connectivity index is 2.19. The Labute approximate surface area is 154 Å². The van der Waals surface area contributed by atoms with Gasteiger partial charge >= 0.3 is 0 Å². The van der Waals surface area contributed by atoms with Crippen molar-refractivity contribution in [3.63, 3.8) is 0 Å². The first-order valence-corrected chi connectivity index (χ1v) is 7.88. The van der Waals surface area contributed by atoms with Crippen LogP contribution >= 0.6 is 0 Å². The van der Waals surface area contributed by atoms with E-state index in [0.717, 1.165) is 11.1 Å². The molecule has 0 aliphatic carbocycles. The molecule has 0 aromatic heterocycles. The van der Waals surface area contributed by atoms with E-state index >= 15 is 0 Å². The highest BCUT2D eigenvalue weighted by Crippen LogP contribution is 2.30. The van der Waals surface area contributed by atoms with E-state index in [0.29, 0.717) is 23.0 Å². The molecule has 0 N–H and O–H groups in total. The number of terminal acetylenes is 2. The van der Waals surface area contributed by atoms with E-state index < -0.39 is 0 Å². The van der Waals surface area contributed by atoms with Gasteiger partial charge < -0.3 is 18.9 Å². The molecule has 0 heterocycles. The highest BCUT2D eigenvalue weighted by Gasteiger charge is 2.06. The summed E-state index contributed by atoms with van der Waals surface area (Å²) in [4.78, 5) is 0. The van der Waals surface area contributed by atoms with Crippen molar-refractivity contribution >= 4 is 12.2 Å². The lowest BCUT2D eigenvalue weighted by atomic mass is 10.1. The van der Waals surface area contributed by atoms with Crippen LogP contribution in [0.4, 0.5) is 0 Å². The van der Waals surface area contributed by atoms with Crippen LogP contribution in [0.15, 0.2) is 36.4 Å². The lowest BCUT2D eigenvalue weighted by Gasteiger charge is -2.10. The molecule has 26 heavy (non-hydrogen) atoms. The van der Waals surface area contributed by atoms with E-state index in [1.165, 1.54) is 0 Å². The molecule has 4 nitrogen and oxygen atoms in total. The van der Waals surface area contributed by atoms with Crippen LogP contribution in [-0.2, 0) is 0 Å². The summed E-state index contributed by atoms with van der Waals surface area (Å²) in [6.45, 7) is 0.388. The summed E-state index contributed by atoms with van der Waals surface area (Å²) in [5, 5.41) is 0. The number of hydrogen-bond donors (Lipinski definition) is 0. The van der Waals surface area contributed by atoms with Gasteiger partial charge in [-0.3, -0.25) is 0 Å². The highest BCUT2D eigenvalue weighted by atomic mass is 16.5. The lowest BCUT2D eigenvalue weighted by molar-refractivity contribution is 0.331. The summed E-state index contributed by atoms with van der Waals surface area (Å²) in [5.41, 5.74) is 1.92. The van der Waals surface area contributed by atoms with Crippen molar-refractivity contribution in [2.24, 2.45) is 0 Å². The first-order chi connectivity index (χ1) is 12.7. The number of benzene rings is 2. The van der Waals surface area contributed by atoms with Crippen molar-refractivity contribution in [2.75, 3.05) is 27.4 Å². The smallest absolute Gasteiger partial charge is 0.162 e. The summed E-state index contributed by atoms with van der Waals surface area (Å²) < 4.78 is 21.6. The third-order valence-electron chi connectivity index (χ3n) is 3.47. The molecule has 0 saturated heterocycles. The molecule has 0 unspecified atom stereocenters. The normalized spacial score (nSPS) is 10.0. The predicted octanol–water partition coefficient (Wildman–Crippen LogP) is 3.90. The Hall–Kier alpha value is -3.50. The van der Waals surface area contributed by atoms with Crippen LogP contribution < -0.4 is 18.9 Å². The Kier molecular flexibility index (Phi) is 7.04. The minimum absolute atomic E-state index is 0.194. The third-order valence-corrected chi connectivity index (χ3v) is 3.47. The van der Waals surface area contributed by atoms with Gasteiger partial charge in [-0.1, -0.05) is 36.1 Å². The number of ether oxygens (including phenoxy) is 4. The van der Waals surface area contributed by atoms with Gasteiger partial charge in [0.25, 0.3) is 0 Å². The average molecular weight is 348 g/mol. The zero-order valence-corrected chi connectivity index (χ0v) is 14.8. The molecule has 0 aliphatic heterocycles. The fourth-order valence-electron chi connectivity index (χ4n) is 2.25. The summed E-state index contributed by atoms with van der Waals surface area (Å²) in [7, 11) is 3.18. The molecular weight excluding hydrogens is 328 g/mol. The largest absolute Gasteiger partial charge is 0.493 e. The first-order valence-electron chi connectivity index (χ1n) is 7.88. The SMILES string of the molecule is C#CCOc1ccc(/C=C/c2ccc(OCC#C)c(OC)c2)cc1OC. The molecule has 2 aromatic carbocycles. The highest BCUT2D eigenvalue weighted by molar-refractivity contribution is 5.72. The molecule has 0 bridgehead atoms. The standard InChI is InChI=1S/C22H20O4/c1-5-13-25-19-11-9-17(15-21(19)23-3)7-8-18-10-12-20(26-14-6-2)22(16-18)24-4/h1-2,7-12,15-16H,13-14H2,3-4H3/b8-7+. The monoisotopic (exact) mass is 348 g/mol. The number of hydrogen-bond acceptors (Lipinski definition) is 4. The second-order valence-corrected chi connectivity index (χ2v) is 5.14. The van der Waals surface area contributed by atoms with E-state index in [2.05, 4.69) is 11.8 Å². The first kappa shape index (κ1) is 18.8. The zero-order chi connectivity index (χ0) is 18.8. The van der Waals surface area contributed by atoms with Crippen molar-refractivity contribution in [1.82, 2.24) is 0 Å². The van der Waals surface area contributed by atoms with Crippen molar-refractivity contribution < 1.29 is 18.9 Å². The minimum Gasteiger partial charge on any atom is -0.493 e. The summed E-state index contributed by atoms with van der Waals surface area (Å²) in [6.07, 6.45) is 14.4. The molecule has 0 saturated carbocycles. The summed E-state index contributed by atoms with van der Waals surface area (Å²) >= 11 is 0. The van der Waals surface area contributed by atoms with Crippen LogP contribution in [0, 0.1) is 24.7 Å². The van der Waals surface area contributed by atoms with E-state index in [-0.39, 0.29) is 13.2 Å². The molecule has 2 aromatic rings. The lowest BCUT2D eigenvalue weighted by Crippen LogP contribution is -1.97. The van der Waals surface area contributed by atoms with Crippen molar-refractivity contribution in [3.05, 3.63) is 47.5 Å². The van der Waals surface area contributed by atoms with Gasteiger partial charge in [0.05, 0.1) is 14.2 Å². The average Bonchev–Trinajstić information content (AvgIpc) is 2.69. The van der Waals surface area contributed by atoms with Crippen LogP contribution in [0.1, 0.15) is 11.1 Å². The third kappa shape index (κ3) is 5.00. The van der Waals surface area contributed by atoms with E-state index in [1.807, 2.05) is 48.6 Å². The Morgan fingerprint density at radius 3 is 1.50 bits per heavy atom. The van der Waals surface area contributed by atoms with E-state index in [9.17, 15) is 0 Å². The van der Waals surface area contributed by atoms with Crippen LogP contribution in [-0.4, -0.2) is 27.4 Å². The summed E-state index contributed by atoms with van der Waals surface area (Å²) in [5.74, 6) is 7.33. The Morgan fingerprint density at radius 2 is 1.15 bits per heavy atom. The molecule has 0 radical (unpaired) electrons. The van der Waals surface area contributed by atoms with Gasteiger partial charge in [0.2, 0.25) is 0 Å². The van der Waals surface area contributed by atoms with Gasteiger partial charge in [0, 0.05) is 0 Å². The quantitative estimate of drug-likeness (QED) is 0.536. The molecule has 2 rings (SSSR count). The zero-order valence-electron chi connectivity index (χ0n) is 14.8. The van der Waals surface area contributed by atoms with E-state index in [4.69, 9.17) is 31.8 Å². The van der Waals surface area contributed by atoms with Gasteiger partial charge in [0.1, 0.15) is 13.2 Å². The molecule has 0 aliphatic rings. The maximum absolute atomic E-state index is 5.44. The maximum Gasteiger partial charge on any atom is 0.162 e. The Bertz CT molecular complexity index is 782. The molecule has 0 fully saturated rings. The van der Waals surface area contributed by atoms with Crippen molar-refractivity contribution in [1.29, 1.82) is 0 Å². The second kappa shape index (κ2) is 9.71. The van der Waals surface area contributed by atoms with Gasteiger partial charge in [-0.2, -0.15) is 0 Å². The predicted molar refractivity (Wildman–Crippen MR) is 104 cm³/mol. The molecule has 0 amide bonds. The fourth-order valence-corrected chi connectivity index (χ4v) is 2.25. The molecule has 132 valence electrons. The van der Waals surface area contributed by atoms with Gasteiger partial charge in [-0.25, -0.2) is 0 Å².